The number of rotatable bonds is 5. The molecule has 1 unspecified atom stereocenters. The minimum absolute atomic E-state index is 0.0848. The molecule has 0 aliphatic carbocycles. The number of hydrogen-bond acceptors (Lipinski definition) is 7. The van der Waals surface area contributed by atoms with E-state index >= 15 is 0 Å². The highest BCUT2D eigenvalue weighted by Crippen LogP contribution is 2.32. The summed E-state index contributed by atoms with van der Waals surface area (Å²) in [6.07, 6.45) is 1.93. The van der Waals surface area contributed by atoms with Crippen LogP contribution in [0.1, 0.15) is 31.2 Å². The maximum absolute atomic E-state index is 10.4. The third-order valence-corrected chi connectivity index (χ3v) is 5.47. The molecular weight excluding hydrogens is 461 g/mol. The Morgan fingerprint density at radius 1 is 1.33 bits per heavy atom. The van der Waals surface area contributed by atoms with Gasteiger partial charge in [0.1, 0.15) is 24.2 Å². The number of halogens is 1. The number of nitrogen functional groups attached to an aromatic ring is 1. The topological polar surface area (TPSA) is 108 Å². The first-order chi connectivity index (χ1) is 13.0. The van der Waals surface area contributed by atoms with Gasteiger partial charge in [0.05, 0.1) is 25.1 Å². The van der Waals surface area contributed by atoms with E-state index in [4.69, 9.17) is 15.2 Å². The number of aromatic nitrogens is 4. The van der Waals surface area contributed by atoms with Crippen molar-refractivity contribution in [2.75, 3.05) is 12.3 Å². The Morgan fingerprint density at radius 3 is 2.89 bits per heavy atom. The lowest BCUT2D eigenvalue weighted by molar-refractivity contribution is -0.0766. The van der Waals surface area contributed by atoms with Crippen molar-refractivity contribution in [1.82, 2.24) is 19.5 Å². The highest BCUT2D eigenvalue weighted by atomic mass is 127. The Labute approximate surface area is 169 Å². The molecule has 4 atom stereocenters. The molecule has 0 amide bonds. The molecular formula is C18H20IN5O3. The fourth-order valence-corrected chi connectivity index (χ4v) is 3.55. The maximum Gasteiger partial charge on any atom is 0.167 e. The first kappa shape index (κ1) is 18.5. The van der Waals surface area contributed by atoms with Gasteiger partial charge in [-0.05, 0) is 47.2 Å². The molecule has 8 nitrogen and oxygen atoms in total. The van der Waals surface area contributed by atoms with E-state index in [-0.39, 0.29) is 12.3 Å². The number of aliphatic hydroxyl groups is 1. The average molecular weight is 481 g/mol. The highest BCUT2D eigenvalue weighted by Gasteiger charge is 2.36. The van der Waals surface area contributed by atoms with Crippen LogP contribution in [0.15, 0.2) is 36.9 Å². The van der Waals surface area contributed by atoms with Crippen molar-refractivity contribution >= 4 is 39.6 Å². The van der Waals surface area contributed by atoms with Crippen LogP contribution in [0.25, 0.3) is 11.2 Å². The molecule has 0 saturated carbocycles. The van der Waals surface area contributed by atoms with Crippen molar-refractivity contribution in [3.05, 3.63) is 46.1 Å². The van der Waals surface area contributed by atoms with Gasteiger partial charge in [-0.3, -0.25) is 4.57 Å². The third-order valence-electron chi connectivity index (χ3n) is 4.75. The van der Waals surface area contributed by atoms with E-state index in [1.54, 1.807) is 10.9 Å². The van der Waals surface area contributed by atoms with E-state index in [2.05, 4.69) is 37.5 Å². The minimum Gasteiger partial charge on any atom is -0.390 e. The molecule has 9 heteroatoms. The van der Waals surface area contributed by atoms with Gasteiger partial charge in [0.15, 0.2) is 11.5 Å². The van der Waals surface area contributed by atoms with Gasteiger partial charge in [-0.15, -0.1) is 0 Å². The van der Waals surface area contributed by atoms with Crippen molar-refractivity contribution in [1.29, 1.82) is 0 Å². The number of imidazole rings is 1. The van der Waals surface area contributed by atoms with Gasteiger partial charge in [-0.25, -0.2) is 15.0 Å². The van der Waals surface area contributed by atoms with Crippen molar-refractivity contribution in [2.45, 2.75) is 37.9 Å². The number of benzene rings is 1. The zero-order valence-electron chi connectivity index (χ0n) is 14.7. The lowest BCUT2D eigenvalue weighted by atomic mass is 10.1. The summed E-state index contributed by atoms with van der Waals surface area (Å²) in [7, 11) is 0. The fraction of sp³-hybridized carbons (Fsp3) is 0.389. The molecule has 27 heavy (non-hydrogen) atoms. The molecule has 2 aromatic heterocycles. The van der Waals surface area contributed by atoms with Crippen molar-refractivity contribution in [2.24, 2.45) is 0 Å². The zero-order chi connectivity index (χ0) is 19.0. The van der Waals surface area contributed by atoms with Gasteiger partial charge < -0.3 is 20.3 Å². The molecule has 3 N–H and O–H groups in total. The highest BCUT2D eigenvalue weighted by molar-refractivity contribution is 14.1. The molecule has 4 rings (SSSR count). The van der Waals surface area contributed by atoms with Gasteiger partial charge in [0, 0.05) is 9.99 Å². The Morgan fingerprint density at radius 2 is 2.11 bits per heavy atom. The molecule has 142 valence electrons. The summed E-state index contributed by atoms with van der Waals surface area (Å²) < 4.78 is 14.9. The molecule has 1 aliphatic rings. The molecule has 1 saturated heterocycles. The van der Waals surface area contributed by atoms with Crippen LogP contribution in [0, 0.1) is 3.57 Å². The summed E-state index contributed by atoms with van der Waals surface area (Å²) >= 11 is 2.27. The average Bonchev–Trinajstić information content (AvgIpc) is 3.24. The predicted molar refractivity (Wildman–Crippen MR) is 108 cm³/mol. The molecule has 0 spiro atoms. The van der Waals surface area contributed by atoms with E-state index in [1.165, 1.54) is 9.90 Å². The predicted octanol–water partition coefficient (Wildman–Crippen LogP) is 2.44. The lowest BCUT2D eigenvalue weighted by Gasteiger charge is -2.19. The summed E-state index contributed by atoms with van der Waals surface area (Å²) in [5, 5.41) is 10.4. The van der Waals surface area contributed by atoms with Gasteiger partial charge in [0.25, 0.3) is 0 Å². The summed E-state index contributed by atoms with van der Waals surface area (Å²) in [6, 6.07) is 8.18. The van der Waals surface area contributed by atoms with Gasteiger partial charge in [-0.1, -0.05) is 12.1 Å². The zero-order valence-corrected chi connectivity index (χ0v) is 16.9. The van der Waals surface area contributed by atoms with Gasteiger partial charge in [0.2, 0.25) is 0 Å². The molecule has 3 heterocycles. The quantitative estimate of drug-likeness (QED) is 0.539. The van der Waals surface area contributed by atoms with Gasteiger partial charge >= 0.3 is 0 Å². The second-order valence-corrected chi connectivity index (χ2v) is 7.79. The van der Waals surface area contributed by atoms with Crippen LogP contribution in [0.4, 0.5) is 5.82 Å². The van der Waals surface area contributed by atoms with Crippen LogP contribution in [-0.2, 0) is 9.47 Å². The Hall–Kier alpha value is -1.82. The normalized spacial score (nSPS) is 23.7. The summed E-state index contributed by atoms with van der Waals surface area (Å²) in [4.78, 5) is 12.4. The summed E-state index contributed by atoms with van der Waals surface area (Å²) in [6.45, 7) is 2.29. The monoisotopic (exact) mass is 481 g/mol. The smallest absolute Gasteiger partial charge is 0.167 e. The Kier molecular flexibility index (Phi) is 5.26. The standard InChI is InChI=1S/C18H20IN5O3/c1-10(11-2-4-12(19)5-3-11)26-7-14-13(25)6-15(27-14)24-9-23-16-17(20)21-8-22-18(16)24/h2-5,8-10,13-15,25H,6-7H2,1H3,(H2,20,21,22)/t10?,13-,14+,15+/m0/s1. The van der Waals surface area contributed by atoms with Crippen molar-refractivity contribution in [3.8, 4) is 0 Å². The van der Waals surface area contributed by atoms with Crippen LogP contribution < -0.4 is 5.73 Å². The van der Waals surface area contributed by atoms with Crippen molar-refractivity contribution < 1.29 is 14.6 Å². The second-order valence-electron chi connectivity index (χ2n) is 6.54. The van der Waals surface area contributed by atoms with E-state index in [1.807, 2.05) is 31.2 Å². The minimum atomic E-state index is -0.629. The number of nitrogens with zero attached hydrogens (tertiary/aromatic N) is 4. The number of fused-ring (bicyclic) bond motifs is 1. The number of anilines is 1. The fourth-order valence-electron chi connectivity index (χ4n) is 3.19. The summed E-state index contributed by atoms with van der Waals surface area (Å²) in [5.41, 5.74) is 8.04. The SMILES string of the molecule is CC(OC[C@H]1O[C@@H](n2cnc3c(N)ncnc32)C[C@@H]1O)c1ccc(I)cc1. The van der Waals surface area contributed by atoms with Gasteiger partial charge in [-0.2, -0.15) is 0 Å². The first-order valence-electron chi connectivity index (χ1n) is 8.66. The number of hydrogen-bond donors (Lipinski definition) is 2. The molecule has 1 aliphatic heterocycles. The molecule has 3 aromatic rings. The first-order valence-corrected chi connectivity index (χ1v) is 9.74. The van der Waals surface area contributed by atoms with Crippen LogP contribution in [-0.4, -0.2) is 43.4 Å². The molecule has 0 radical (unpaired) electrons. The summed E-state index contributed by atoms with van der Waals surface area (Å²) in [5.74, 6) is 0.323. The Bertz CT molecular complexity index is 932. The van der Waals surface area contributed by atoms with E-state index in [0.717, 1.165) is 5.56 Å². The molecule has 0 bridgehead atoms. The number of nitrogens with two attached hydrogens (primary N) is 1. The second kappa shape index (κ2) is 7.66. The van der Waals surface area contributed by atoms with Crippen LogP contribution in [0.2, 0.25) is 0 Å². The lowest BCUT2D eigenvalue weighted by Crippen LogP contribution is -2.27. The number of ether oxygens (including phenoxy) is 2. The molecule has 1 fully saturated rings. The van der Waals surface area contributed by atoms with Crippen LogP contribution in [0.3, 0.4) is 0 Å². The van der Waals surface area contributed by atoms with Crippen LogP contribution in [0.5, 0.6) is 0 Å². The van der Waals surface area contributed by atoms with E-state index < -0.39 is 12.2 Å². The Balaban J connectivity index is 1.42. The largest absolute Gasteiger partial charge is 0.390 e. The van der Waals surface area contributed by atoms with Crippen molar-refractivity contribution in [3.63, 3.8) is 0 Å². The third kappa shape index (κ3) is 3.77. The molecule has 1 aromatic carbocycles. The van der Waals surface area contributed by atoms with E-state index in [9.17, 15) is 5.11 Å². The van der Waals surface area contributed by atoms with Crippen LogP contribution >= 0.6 is 22.6 Å². The van der Waals surface area contributed by atoms with E-state index in [0.29, 0.717) is 30.0 Å². The number of aliphatic hydroxyl groups excluding tert-OH is 1. The maximum atomic E-state index is 10.4.